The molecule has 1 aliphatic rings. The van der Waals surface area contributed by atoms with Gasteiger partial charge in [0.2, 0.25) is 0 Å². The van der Waals surface area contributed by atoms with Gasteiger partial charge in [0, 0.05) is 38.9 Å². The molecule has 2 heterocycles. The summed E-state index contributed by atoms with van der Waals surface area (Å²) < 4.78 is 0. The normalized spacial score (nSPS) is 16.0. The molecule has 6 nitrogen and oxygen atoms in total. The number of likely N-dealkylation sites (N-methyl/N-ethyl adjacent to an activating group) is 1. The van der Waals surface area contributed by atoms with Crippen LogP contribution in [0.25, 0.3) is 0 Å². The van der Waals surface area contributed by atoms with Gasteiger partial charge in [-0.05, 0) is 25.0 Å². The number of piperidine rings is 1. The van der Waals surface area contributed by atoms with E-state index in [9.17, 15) is 4.79 Å². The molecule has 2 N–H and O–H groups in total. The number of hydrogen-bond acceptors (Lipinski definition) is 4. The zero-order chi connectivity index (χ0) is 14.4. The highest BCUT2D eigenvalue weighted by atomic mass is 16.3. The predicted octanol–water partition coefficient (Wildman–Crippen LogP) is 0.684. The Morgan fingerprint density at radius 1 is 1.50 bits per heavy atom. The third kappa shape index (κ3) is 3.84. The first-order valence-electron chi connectivity index (χ1n) is 6.99. The number of aliphatic hydroxyl groups is 1. The number of anilines is 1. The molecule has 2 amide bonds. The molecule has 0 saturated carbocycles. The van der Waals surface area contributed by atoms with Crippen molar-refractivity contribution in [3.8, 4) is 0 Å². The molecule has 20 heavy (non-hydrogen) atoms. The fraction of sp³-hybridized carbons (Fsp3) is 0.571. The van der Waals surface area contributed by atoms with E-state index >= 15 is 0 Å². The van der Waals surface area contributed by atoms with Crippen LogP contribution in [-0.2, 0) is 0 Å². The van der Waals surface area contributed by atoms with E-state index in [-0.39, 0.29) is 18.7 Å². The van der Waals surface area contributed by atoms with Crippen LogP contribution in [0.1, 0.15) is 12.8 Å². The van der Waals surface area contributed by atoms with Crippen molar-refractivity contribution in [2.75, 3.05) is 38.2 Å². The van der Waals surface area contributed by atoms with Gasteiger partial charge < -0.3 is 20.2 Å². The lowest BCUT2D eigenvalue weighted by Crippen LogP contribution is -2.49. The number of rotatable bonds is 4. The molecule has 1 aromatic heterocycles. The summed E-state index contributed by atoms with van der Waals surface area (Å²) in [6.45, 7) is 2.14. The first kappa shape index (κ1) is 14.6. The third-order valence-corrected chi connectivity index (χ3v) is 3.58. The van der Waals surface area contributed by atoms with Gasteiger partial charge in [0.05, 0.1) is 6.61 Å². The Balaban J connectivity index is 1.78. The average Bonchev–Trinajstić information content (AvgIpc) is 2.49. The average molecular weight is 278 g/mol. The second-order valence-electron chi connectivity index (χ2n) is 5.04. The fourth-order valence-electron chi connectivity index (χ4n) is 2.33. The van der Waals surface area contributed by atoms with Gasteiger partial charge >= 0.3 is 6.03 Å². The highest BCUT2D eigenvalue weighted by Crippen LogP contribution is 2.17. The molecule has 0 aromatic carbocycles. The van der Waals surface area contributed by atoms with E-state index in [2.05, 4.69) is 15.2 Å². The molecule has 1 aromatic rings. The molecule has 6 heteroatoms. The smallest absolute Gasteiger partial charge is 0.317 e. The fourth-order valence-corrected chi connectivity index (χ4v) is 2.33. The highest BCUT2D eigenvalue weighted by molar-refractivity contribution is 5.74. The van der Waals surface area contributed by atoms with Gasteiger partial charge in [0.15, 0.2) is 0 Å². The van der Waals surface area contributed by atoms with Crippen molar-refractivity contribution in [1.29, 1.82) is 0 Å². The largest absolute Gasteiger partial charge is 0.395 e. The van der Waals surface area contributed by atoms with Crippen molar-refractivity contribution >= 4 is 11.8 Å². The minimum atomic E-state index is -0.115. The molecule has 1 saturated heterocycles. The van der Waals surface area contributed by atoms with Gasteiger partial charge in [0.1, 0.15) is 5.82 Å². The van der Waals surface area contributed by atoms with Crippen LogP contribution in [0, 0.1) is 0 Å². The number of aliphatic hydroxyl groups excluding tert-OH is 1. The van der Waals surface area contributed by atoms with Crippen LogP contribution in [0.5, 0.6) is 0 Å². The molecule has 0 spiro atoms. The second kappa shape index (κ2) is 7.09. The number of hydrogen-bond donors (Lipinski definition) is 2. The Morgan fingerprint density at radius 3 is 2.85 bits per heavy atom. The number of carbonyl (C=O) groups is 1. The van der Waals surface area contributed by atoms with Crippen LogP contribution in [0.4, 0.5) is 10.6 Å². The van der Waals surface area contributed by atoms with Crippen LogP contribution in [0.2, 0.25) is 0 Å². The van der Waals surface area contributed by atoms with Gasteiger partial charge in [0.25, 0.3) is 0 Å². The molecule has 1 aliphatic heterocycles. The number of carbonyl (C=O) groups excluding carboxylic acids is 1. The van der Waals surface area contributed by atoms with E-state index in [1.165, 1.54) is 4.90 Å². The number of amides is 2. The number of urea groups is 1. The van der Waals surface area contributed by atoms with Crippen LogP contribution in [0.15, 0.2) is 24.4 Å². The van der Waals surface area contributed by atoms with Gasteiger partial charge in [-0.15, -0.1) is 0 Å². The molecule has 110 valence electrons. The minimum absolute atomic E-state index is 0.0119. The molecular weight excluding hydrogens is 256 g/mol. The second-order valence-corrected chi connectivity index (χ2v) is 5.04. The summed E-state index contributed by atoms with van der Waals surface area (Å²) in [6.07, 6.45) is 3.62. The summed E-state index contributed by atoms with van der Waals surface area (Å²) in [6, 6.07) is 5.99. The Bertz CT molecular complexity index is 418. The Labute approximate surface area is 119 Å². The molecule has 0 bridgehead atoms. The topological polar surface area (TPSA) is 68.7 Å². The summed E-state index contributed by atoms with van der Waals surface area (Å²) in [5, 5.41) is 11.8. The Hall–Kier alpha value is -1.82. The lowest BCUT2D eigenvalue weighted by atomic mass is 10.1. The van der Waals surface area contributed by atoms with Gasteiger partial charge in [-0.25, -0.2) is 9.78 Å². The van der Waals surface area contributed by atoms with Crippen molar-refractivity contribution < 1.29 is 9.90 Å². The Morgan fingerprint density at radius 2 is 2.25 bits per heavy atom. The molecule has 0 aliphatic carbocycles. The maximum atomic E-state index is 11.8. The summed E-state index contributed by atoms with van der Waals surface area (Å²) >= 11 is 0. The van der Waals surface area contributed by atoms with Gasteiger partial charge in [-0.1, -0.05) is 6.07 Å². The van der Waals surface area contributed by atoms with Crippen molar-refractivity contribution in [1.82, 2.24) is 15.2 Å². The summed E-state index contributed by atoms with van der Waals surface area (Å²) in [4.78, 5) is 19.9. The van der Waals surface area contributed by atoms with E-state index < -0.39 is 0 Å². The first-order chi connectivity index (χ1) is 9.70. The molecule has 1 fully saturated rings. The van der Waals surface area contributed by atoms with Crippen LogP contribution in [-0.4, -0.2) is 60.4 Å². The van der Waals surface area contributed by atoms with Crippen LogP contribution < -0.4 is 10.2 Å². The molecule has 0 radical (unpaired) electrons. The van der Waals surface area contributed by atoms with E-state index in [1.807, 2.05) is 18.2 Å². The zero-order valence-corrected chi connectivity index (χ0v) is 11.8. The lowest BCUT2D eigenvalue weighted by molar-refractivity contribution is 0.185. The SMILES string of the molecule is CN(CCO)C(=O)NC1CCN(c2ccccn2)CC1. The van der Waals surface area contributed by atoms with Crippen LogP contribution >= 0.6 is 0 Å². The van der Waals surface area contributed by atoms with Crippen LogP contribution in [0.3, 0.4) is 0 Å². The molecular formula is C14H22N4O2. The molecule has 0 unspecified atom stereocenters. The third-order valence-electron chi connectivity index (χ3n) is 3.58. The maximum absolute atomic E-state index is 11.8. The molecule has 2 rings (SSSR count). The number of nitrogens with zero attached hydrogens (tertiary/aromatic N) is 3. The van der Waals surface area contributed by atoms with Crippen molar-refractivity contribution in [3.63, 3.8) is 0 Å². The summed E-state index contributed by atoms with van der Waals surface area (Å²) in [7, 11) is 1.69. The maximum Gasteiger partial charge on any atom is 0.317 e. The van der Waals surface area contributed by atoms with E-state index in [0.29, 0.717) is 6.54 Å². The number of aromatic nitrogens is 1. The van der Waals surface area contributed by atoms with Gasteiger partial charge in [-0.3, -0.25) is 0 Å². The Kier molecular flexibility index (Phi) is 5.17. The van der Waals surface area contributed by atoms with E-state index in [1.54, 1.807) is 13.2 Å². The monoisotopic (exact) mass is 278 g/mol. The summed E-state index contributed by atoms with van der Waals surface area (Å²) in [5.74, 6) is 0.995. The van der Waals surface area contributed by atoms with E-state index in [4.69, 9.17) is 5.11 Å². The minimum Gasteiger partial charge on any atom is -0.395 e. The number of nitrogens with one attached hydrogen (secondary N) is 1. The lowest BCUT2D eigenvalue weighted by Gasteiger charge is -2.33. The summed E-state index contributed by atoms with van der Waals surface area (Å²) in [5.41, 5.74) is 0. The van der Waals surface area contributed by atoms with Crippen molar-refractivity contribution in [3.05, 3.63) is 24.4 Å². The van der Waals surface area contributed by atoms with Gasteiger partial charge in [-0.2, -0.15) is 0 Å². The highest BCUT2D eigenvalue weighted by Gasteiger charge is 2.22. The van der Waals surface area contributed by atoms with Crippen molar-refractivity contribution in [2.45, 2.75) is 18.9 Å². The molecule has 0 atom stereocenters. The van der Waals surface area contributed by atoms with Crippen molar-refractivity contribution in [2.24, 2.45) is 0 Å². The predicted molar refractivity (Wildman–Crippen MR) is 77.7 cm³/mol. The zero-order valence-electron chi connectivity index (χ0n) is 11.8. The number of pyridine rings is 1. The standard InChI is InChI=1S/C14H22N4O2/c1-17(10-11-19)14(20)16-12-5-8-18(9-6-12)13-4-2-3-7-15-13/h2-4,7,12,19H,5-6,8-11H2,1H3,(H,16,20). The first-order valence-corrected chi connectivity index (χ1v) is 6.99. The quantitative estimate of drug-likeness (QED) is 0.850. The van der Waals surface area contributed by atoms with E-state index in [0.717, 1.165) is 31.7 Å².